The molecule has 192 valence electrons. The van der Waals surface area contributed by atoms with Gasteiger partial charge in [-0.1, -0.05) is 12.1 Å². The average Bonchev–Trinajstić information content (AvgIpc) is 2.88. The van der Waals surface area contributed by atoms with Crippen LogP contribution in [0.1, 0.15) is 16.7 Å². The van der Waals surface area contributed by atoms with E-state index in [2.05, 4.69) is 19.9 Å². The van der Waals surface area contributed by atoms with E-state index >= 15 is 0 Å². The molecular formula is C27H17F5N4O2. The fraction of sp³-hybridized carbons (Fsp3) is 0.111. The fourth-order valence-electron chi connectivity index (χ4n) is 4.17. The summed E-state index contributed by atoms with van der Waals surface area (Å²) in [6, 6.07) is 9.61. The molecule has 0 saturated carbocycles. The second-order valence-electron chi connectivity index (χ2n) is 8.41. The Balaban J connectivity index is 1.75. The van der Waals surface area contributed by atoms with Crippen LogP contribution in [0.5, 0.6) is 11.6 Å². The molecule has 5 aromatic rings. The third kappa shape index (κ3) is 4.36. The van der Waals surface area contributed by atoms with Gasteiger partial charge >= 0.3 is 6.18 Å². The molecule has 2 aromatic carbocycles. The van der Waals surface area contributed by atoms with Crippen molar-refractivity contribution in [1.82, 2.24) is 19.9 Å². The quantitative estimate of drug-likeness (QED) is 0.263. The Hall–Kier alpha value is -4.67. The van der Waals surface area contributed by atoms with Crippen LogP contribution in [0.25, 0.3) is 33.5 Å². The predicted molar refractivity (Wildman–Crippen MR) is 130 cm³/mol. The molecule has 0 saturated heterocycles. The third-order valence-electron chi connectivity index (χ3n) is 6.04. The van der Waals surface area contributed by atoms with Crippen molar-refractivity contribution in [3.05, 3.63) is 99.6 Å². The molecule has 0 amide bonds. The summed E-state index contributed by atoms with van der Waals surface area (Å²) in [5.41, 5.74) is -1.47. The molecule has 0 spiro atoms. The number of alkyl halides is 3. The highest BCUT2D eigenvalue weighted by Crippen LogP contribution is 2.41. The summed E-state index contributed by atoms with van der Waals surface area (Å²) in [6.07, 6.45) is -1.12. The minimum atomic E-state index is -4.75. The first-order chi connectivity index (χ1) is 18.1. The van der Waals surface area contributed by atoms with E-state index in [0.29, 0.717) is 23.1 Å². The standard InChI is InChI=1S/C27H17F5N4O2/c1-13-16(27(30,31)32)12-35-26(38-21-8-7-17(28)24(29)14(21)2)22(13)19-11-20(37)23-15(5-3-6-18(23)36-19)25-33-9-4-10-34-25/h3-12H,1-2H3,(H,36,37). The zero-order valence-corrected chi connectivity index (χ0v) is 19.8. The number of benzene rings is 2. The molecule has 38 heavy (non-hydrogen) atoms. The van der Waals surface area contributed by atoms with Crippen LogP contribution < -0.4 is 10.2 Å². The molecule has 3 heterocycles. The number of pyridine rings is 2. The topological polar surface area (TPSA) is 80.8 Å². The first-order valence-electron chi connectivity index (χ1n) is 11.2. The Morgan fingerprint density at radius 2 is 1.66 bits per heavy atom. The van der Waals surface area contributed by atoms with Gasteiger partial charge in [0.1, 0.15) is 5.75 Å². The molecule has 1 N–H and O–H groups in total. The number of rotatable bonds is 4. The van der Waals surface area contributed by atoms with Crippen molar-refractivity contribution in [2.45, 2.75) is 20.0 Å². The predicted octanol–water partition coefficient (Wildman–Crippen LogP) is 6.75. The van der Waals surface area contributed by atoms with Crippen LogP contribution in [0.2, 0.25) is 0 Å². The lowest BCUT2D eigenvalue weighted by Gasteiger charge is -2.18. The van der Waals surface area contributed by atoms with Gasteiger partial charge in [-0.3, -0.25) is 4.79 Å². The number of fused-ring (bicyclic) bond motifs is 1. The number of nitrogens with zero attached hydrogens (tertiary/aromatic N) is 3. The third-order valence-corrected chi connectivity index (χ3v) is 6.04. The molecule has 0 atom stereocenters. The van der Waals surface area contributed by atoms with E-state index in [1.54, 1.807) is 24.3 Å². The normalized spacial score (nSPS) is 11.7. The van der Waals surface area contributed by atoms with Crippen LogP contribution in [0, 0.1) is 25.5 Å². The maximum Gasteiger partial charge on any atom is 0.418 e. The second-order valence-corrected chi connectivity index (χ2v) is 8.41. The molecule has 0 aliphatic carbocycles. The molecule has 0 aliphatic rings. The Bertz CT molecular complexity index is 1750. The van der Waals surface area contributed by atoms with Crippen LogP contribution in [-0.2, 0) is 6.18 Å². The smallest absolute Gasteiger partial charge is 0.418 e. The summed E-state index contributed by atoms with van der Waals surface area (Å²) in [6.45, 7) is 2.47. The highest BCUT2D eigenvalue weighted by molar-refractivity contribution is 5.94. The minimum Gasteiger partial charge on any atom is -0.438 e. The highest BCUT2D eigenvalue weighted by Gasteiger charge is 2.35. The summed E-state index contributed by atoms with van der Waals surface area (Å²) in [5, 5.41) is 0.235. The van der Waals surface area contributed by atoms with E-state index in [1.807, 2.05) is 0 Å². The van der Waals surface area contributed by atoms with E-state index in [-0.39, 0.29) is 39.4 Å². The molecule has 0 fully saturated rings. The van der Waals surface area contributed by atoms with Crippen LogP contribution in [0.3, 0.4) is 0 Å². The van der Waals surface area contributed by atoms with Gasteiger partial charge in [0, 0.05) is 35.8 Å². The van der Waals surface area contributed by atoms with Crippen molar-refractivity contribution in [2.24, 2.45) is 0 Å². The van der Waals surface area contributed by atoms with Gasteiger partial charge in [0.2, 0.25) is 5.88 Å². The Morgan fingerprint density at radius 1 is 0.921 bits per heavy atom. The van der Waals surface area contributed by atoms with Gasteiger partial charge in [-0.2, -0.15) is 13.2 Å². The molecule has 0 bridgehead atoms. The van der Waals surface area contributed by atoms with Crippen molar-refractivity contribution >= 4 is 10.9 Å². The SMILES string of the molecule is Cc1c(Oc2ncc(C(F)(F)F)c(C)c2-c2cc(=O)c3c(-c4ncccn4)cccc3[nH]2)ccc(F)c1F. The van der Waals surface area contributed by atoms with E-state index in [1.165, 1.54) is 26.2 Å². The monoisotopic (exact) mass is 524 g/mol. The molecular weight excluding hydrogens is 507 g/mol. The van der Waals surface area contributed by atoms with E-state index in [0.717, 1.165) is 18.2 Å². The van der Waals surface area contributed by atoms with Gasteiger partial charge in [0.05, 0.1) is 27.7 Å². The number of ether oxygens (including phenoxy) is 1. The number of aromatic amines is 1. The van der Waals surface area contributed by atoms with Crippen molar-refractivity contribution < 1.29 is 26.7 Å². The van der Waals surface area contributed by atoms with E-state index in [4.69, 9.17) is 4.74 Å². The zero-order valence-electron chi connectivity index (χ0n) is 19.8. The maximum atomic E-state index is 14.1. The number of halogens is 5. The van der Waals surface area contributed by atoms with Crippen molar-refractivity contribution in [2.75, 3.05) is 0 Å². The Kier molecular flexibility index (Phi) is 6.14. The van der Waals surface area contributed by atoms with Gasteiger partial charge in [0.25, 0.3) is 0 Å². The maximum absolute atomic E-state index is 14.1. The molecule has 0 aliphatic heterocycles. The summed E-state index contributed by atoms with van der Waals surface area (Å²) in [4.78, 5) is 28.5. The molecule has 11 heteroatoms. The van der Waals surface area contributed by atoms with Crippen molar-refractivity contribution in [3.8, 4) is 34.3 Å². The van der Waals surface area contributed by atoms with Crippen LogP contribution in [0.4, 0.5) is 22.0 Å². The molecule has 3 aromatic heterocycles. The van der Waals surface area contributed by atoms with Gasteiger partial charge < -0.3 is 9.72 Å². The van der Waals surface area contributed by atoms with E-state index < -0.39 is 28.8 Å². The van der Waals surface area contributed by atoms with Gasteiger partial charge in [-0.15, -0.1) is 0 Å². The highest BCUT2D eigenvalue weighted by atomic mass is 19.4. The van der Waals surface area contributed by atoms with Gasteiger partial charge in [-0.25, -0.2) is 23.7 Å². The zero-order chi connectivity index (χ0) is 27.2. The summed E-state index contributed by atoms with van der Waals surface area (Å²) >= 11 is 0. The fourth-order valence-corrected chi connectivity index (χ4v) is 4.17. The average molecular weight is 524 g/mol. The molecule has 6 nitrogen and oxygen atoms in total. The second kappa shape index (κ2) is 9.33. The Morgan fingerprint density at radius 3 is 2.37 bits per heavy atom. The molecule has 0 unspecified atom stereocenters. The number of hydrogen-bond acceptors (Lipinski definition) is 5. The van der Waals surface area contributed by atoms with Crippen LogP contribution in [-0.4, -0.2) is 19.9 Å². The van der Waals surface area contributed by atoms with E-state index in [9.17, 15) is 26.7 Å². The van der Waals surface area contributed by atoms with Crippen LogP contribution >= 0.6 is 0 Å². The lowest BCUT2D eigenvalue weighted by Crippen LogP contribution is -2.12. The summed E-state index contributed by atoms with van der Waals surface area (Å²) < 4.78 is 74.8. The lowest BCUT2D eigenvalue weighted by molar-refractivity contribution is -0.138. The minimum absolute atomic E-state index is 0.0139. The first-order valence-corrected chi connectivity index (χ1v) is 11.2. The Labute approximate surface area is 211 Å². The summed E-state index contributed by atoms with van der Waals surface area (Å²) in [5.74, 6) is -2.46. The molecule has 5 rings (SSSR count). The number of H-pyrrole nitrogens is 1. The lowest BCUT2D eigenvalue weighted by atomic mass is 10.00. The molecule has 0 radical (unpaired) electrons. The number of hydrogen-bond donors (Lipinski definition) is 1. The largest absolute Gasteiger partial charge is 0.438 e. The van der Waals surface area contributed by atoms with Crippen LogP contribution in [0.15, 0.2) is 65.8 Å². The first kappa shape index (κ1) is 25.0. The van der Waals surface area contributed by atoms with Gasteiger partial charge in [0.15, 0.2) is 22.9 Å². The number of aromatic nitrogens is 4. The van der Waals surface area contributed by atoms with Crippen molar-refractivity contribution in [1.29, 1.82) is 0 Å². The van der Waals surface area contributed by atoms with Crippen molar-refractivity contribution in [3.63, 3.8) is 0 Å². The van der Waals surface area contributed by atoms with Gasteiger partial charge in [-0.05, 0) is 43.7 Å². The number of nitrogens with one attached hydrogen (secondary N) is 1. The summed E-state index contributed by atoms with van der Waals surface area (Å²) in [7, 11) is 0.